The molecule has 3 heterocycles. The fourth-order valence-electron chi connectivity index (χ4n) is 9.60. The van der Waals surface area contributed by atoms with Crippen LogP contribution < -0.4 is 0 Å². The SMILES string of the molecule is CC1(C)[N-]C(C)(C)C(C)(C)[N+]2(C)C3[N+](C)(C1(C)C)C(C)(C)C(C)(C)[N+]3(C)C(C)(C)C2(C)C. The Bertz CT molecular complexity index is 777. The van der Waals surface area contributed by atoms with Crippen molar-refractivity contribution in [2.45, 2.75) is 161 Å². The monoisotopic (exact) mass is 450 g/mol. The fourth-order valence-corrected chi connectivity index (χ4v) is 9.60. The molecule has 0 aliphatic carbocycles. The third-order valence-corrected chi connectivity index (χ3v) is 14.9. The molecule has 2 unspecified atom stereocenters. The second-order valence-electron chi connectivity index (χ2n) is 16.2. The van der Waals surface area contributed by atoms with Crippen LogP contribution in [0.25, 0.3) is 5.32 Å². The van der Waals surface area contributed by atoms with E-state index in [1.54, 1.807) is 0 Å². The van der Waals surface area contributed by atoms with E-state index in [1.807, 2.05) is 0 Å². The van der Waals surface area contributed by atoms with Crippen molar-refractivity contribution in [2.24, 2.45) is 0 Å². The topological polar surface area (TPSA) is 14.1 Å². The highest BCUT2D eigenvalue weighted by molar-refractivity contribution is 5.26. The third kappa shape index (κ3) is 1.92. The molecule has 4 heteroatoms. The summed E-state index contributed by atoms with van der Waals surface area (Å²) in [5.74, 6) is 0. The predicted molar refractivity (Wildman–Crippen MR) is 138 cm³/mol. The van der Waals surface area contributed by atoms with E-state index in [2.05, 4.69) is 132 Å². The molecule has 3 fully saturated rings. The first kappa shape index (κ1) is 26.4. The first-order valence-corrected chi connectivity index (χ1v) is 12.9. The van der Waals surface area contributed by atoms with Crippen molar-refractivity contribution < 1.29 is 13.4 Å². The lowest BCUT2D eigenvalue weighted by Gasteiger charge is -2.74. The summed E-state index contributed by atoms with van der Waals surface area (Å²) in [5, 5.41) is 5.78. The zero-order valence-corrected chi connectivity index (χ0v) is 25.4. The van der Waals surface area contributed by atoms with Gasteiger partial charge in [-0.2, -0.15) is 0 Å². The fraction of sp³-hybridized carbons (Fsp3) is 1.00. The standard InChI is InChI=1S/C28H58N4/c1-21(2)23(5,6)30(17)20-31(18,24(7,8)22(3,4)29-21)26(11,12)28(15,16)32(20,19)27(13,14)25(30,9)10/h20H,1-19H3/q+2. The minimum Gasteiger partial charge on any atom is -0.642 e. The molecule has 0 aromatic heterocycles. The zero-order chi connectivity index (χ0) is 25.8. The second kappa shape index (κ2) is 5.63. The molecule has 2 atom stereocenters. The van der Waals surface area contributed by atoms with Gasteiger partial charge in [-0.05, 0) is 83.1 Å². The van der Waals surface area contributed by atoms with Gasteiger partial charge in [0.2, 0.25) is 0 Å². The Morgan fingerprint density at radius 2 is 0.562 bits per heavy atom. The van der Waals surface area contributed by atoms with E-state index in [-0.39, 0.29) is 44.3 Å². The predicted octanol–water partition coefficient (Wildman–Crippen LogP) is 6.25. The normalized spacial score (nSPS) is 47.9. The quantitative estimate of drug-likeness (QED) is 0.387. The maximum absolute atomic E-state index is 5.78. The van der Waals surface area contributed by atoms with Crippen molar-refractivity contribution in [1.29, 1.82) is 0 Å². The smallest absolute Gasteiger partial charge is 0.346 e. The molecule has 32 heavy (non-hydrogen) atoms. The molecule has 0 spiro atoms. The molecule has 0 aromatic rings. The summed E-state index contributed by atoms with van der Waals surface area (Å²) in [6, 6.07) is 0. The molecule has 3 rings (SSSR count). The molecule has 0 aromatic carbocycles. The molecular formula is C28H58N4+2. The van der Waals surface area contributed by atoms with Crippen molar-refractivity contribution in [3.05, 3.63) is 5.32 Å². The summed E-state index contributed by atoms with van der Waals surface area (Å²) in [7, 11) is 7.79. The Morgan fingerprint density at radius 3 is 0.781 bits per heavy atom. The lowest BCUT2D eigenvalue weighted by molar-refractivity contribution is -1.26. The lowest BCUT2D eigenvalue weighted by atomic mass is 9.65. The highest BCUT2D eigenvalue weighted by Gasteiger charge is 2.95. The molecule has 3 aliphatic heterocycles. The maximum atomic E-state index is 5.78. The van der Waals surface area contributed by atoms with Gasteiger partial charge < -0.3 is 5.32 Å². The summed E-state index contributed by atoms with van der Waals surface area (Å²) in [6.07, 6.45) is 0.379. The summed E-state index contributed by atoms with van der Waals surface area (Å²) in [5.41, 5.74) is -0.333. The summed E-state index contributed by atoms with van der Waals surface area (Å²) < 4.78 is 3.07. The van der Waals surface area contributed by atoms with Gasteiger partial charge in [-0.3, -0.25) is 0 Å². The van der Waals surface area contributed by atoms with Gasteiger partial charge in [0.1, 0.15) is 0 Å². The first-order chi connectivity index (χ1) is 13.6. The van der Waals surface area contributed by atoms with Gasteiger partial charge in [0, 0.05) is 0 Å². The van der Waals surface area contributed by atoms with Crippen LogP contribution in [-0.2, 0) is 0 Å². The van der Waals surface area contributed by atoms with Crippen LogP contribution in [0.1, 0.15) is 111 Å². The molecule has 0 saturated carbocycles. The number of hydrogen-bond acceptors (Lipinski definition) is 0. The second-order valence-corrected chi connectivity index (χ2v) is 16.2. The Morgan fingerprint density at radius 1 is 0.375 bits per heavy atom. The van der Waals surface area contributed by atoms with E-state index in [1.165, 1.54) is 0 Å². The minimum absolute atomic E-state index is 0.0353. The van der Waals surface area contributed by atoms with Crippen LogP contribution in [0, 0.1) is 0 Å². The number of quaternary nitrogens is 3. The Kier molecular flexibility index (Phi) is 4.65. The van der Waals surface area contributed by atoms with Crippen molar-refractivity contribution >= 4 is 0 Å². The summed E-state index contributed by atoms with van der Waals surface area (Å²) in [4.78, 5) is 0. The van der Waals surface area contributed by atoms with Crippen LogP contribution in [0.3, 0.4) is 0 Å². The van der Waals surface area contributed by atoms with E-state index in [0.29, 0.717) is 6.29 Å². The maximum Gasteiger partial charge on any atom is 0.346 e. The van der Waals surface area contributed by atoms with E-state index in [0.717, 1.165) is 13.4 Å². The number of likely N-dealkylation sites (N-methyl/N-ethyl adjacent to an activating group) is 3. The number of hydrogen-bond donors (Lipinski definition) is 0. The Balaban J connectivity index is 2.69. The molecule has 0 N–H and O–H groups in total. The lowest BCUT2D eigenvalue weighted by Crippen LogP contribution is -2.89. The Labute approximate surface area is 201 Å². The first-order valence-electron chi connectivity index (χ1n) is 12.9. The van der Waals surface area contributed by atoms with Crippen LogP contribution in [-0.4, -0.2) is 85.2 Å². The van der Waals surface area contributed by atoms with Crippen LogP contribution in [0.5, 0.6) is 0 Å². The van der Waals surface area contributed by atoms with Gasteiger partial charge in [-0.1, -0.05) is 38.8 Å². The number of rotatable bonds is 0. The molecule has 0 bridgehead atoms. The summed E-state index contributed by atoms with van der Waals surface area (Å²) >= 11 is 0. The Hall–Kier alpha value is -0.160. The van der Waals surface area contributed by atoms with Gasteiger partial charge in [0.15, 0.2) is 22.2 Å². The van der Waals surface area contributed by atoms with Gasteiger partial charge >= 0.3 is 6.29 Å². The van der Waals surface area contributed by atoms with Crippen molar-refractivity contribution in [3.8, 4) is 0 Å². The molecule has 188 valence electrons. The zero-order valence-electron chi connectivity index (χ0n) is 25.4. The van der Waals surface area contributed by atoms with Crippen LogP contribution in [0.15, 0.2) is 0 Å². The highest BCUT2D eigenvalue weighted by Crippen LogP contribution is 2.73. The molecule has 3 saturated heterocycles. The molecule has 0 radical (unpaired) electrons. The van der Waals surface area contributed by atoms with Gasteiger partial charge in [-0.25, -0.2) is 13.4 Å². The van der Waals surface area contributed by atoms with Gasteiger partial charge in [0.25, 0.3) is 0 Å². The van der Waals surface area contributed by atoms with Crippen LogP contribution in [0.2, 0.25) is 0 Å². The highest BCUT2D eigenvalue weighted by atomic mass is 15.9. The van der Waals surface area contributed by atoms with Crippen molar-refractivity contribution in [3.63, 3.8) is 0 Å². The molecule has 3 aliphatic rings. The van der Waals surface area contributed by atoms with E-state index >= 15 is 0 Å². The van der Waals surface area contributed by atoms with Crippen LogP contribution in [0.4, 0.5) is 0 Å². The van der Waals surface area contributed by atoms with Gasteiger partial charge in [0.05, 0.1) is 32.2 Å². The molecule has 4 nitrogen and oxygen atoms in total. The average molecular weight is 451 g/mol. The van der Waals surface area contributed by atoms with Crippen LogP contribution >= 0.6 is 0 Å². The molecular weight excluding hydrogens is 392 g/mol. The van der Waals surface area contributed by atoms with E-state index < -0.39 is 0 Å². The largest absolute Gasteiger partial charge is 0.642 e. The minimum atomic E-state index is -0.187. The third-order valence-electron chi connectivity index (χ3n) is 14.9. The van der Waals surface area contributed by atoms with E-state index in [9.17, 15) is 0 Å². The van der Waals surface area contributed by atoms with Crippen molar-refractivity contribution in [1.82, 2.24) is 0 Å². The van der Waals surface area contributed by atoms with E-state index in [4.69, 9.17) is 5.32 Å². The van der Waals surface area contributed by atoms with Crippen molar-refractivity contribution in [2.75, 3.05) is 21.1 Å². The summed E-state index contributed by atoms with van der Waals surface area (Å²) in [6.45, 7) is 40.1. The average Bonchev–Trinajstić information content (AvgIpc) is 2.73. The van der Waals surface area contributed by atoms with Gasteiger partial charge in [-0.15, -0.1) is 0 Å². The molecule has 0 amide bonds. The number of nitrogens with zero attached hydrogens (tertiary/aromatic N) is 4.